The summed E-state index contributed by atoms with van der Waals surface area (Å²) < 4.78 is 14.3. The molecular weight excluding hydrogens is 484 g/mol. The number of benzene rings is 2. The number of hydrogen-bond donors (Lipinski definition) is 1. The average molecular weight is 507 g/mol. The molecule has 4 aromatic rings. The minimum absolute atomic E-state index is 0.0371. The van der Waals surface area contributed by atoms with Crippen LogP contribution in [-0.2, 0) is 16.0 Å². The smallest absolute Gasteiger partial charge is 0.253 e. The van der Waals surface area contributed by atoms with Crippen LogP contribution in [0.4, 0.5) is 5.69 Å². The van der Waals surface area contributed by atoms with E-state index in [9.17, 15) is 4.79 Å². The summed E-state index contributed by atoms with van der Waals surface area (Å²) in [5.74, 6) is -0.0371. The lowest BCUT2D eigenvalue weighted by Crippen LogP contribution is -2.32. The van der Waals surface area contributed by atoms with E-state index >= 15 is 0 Å². The van der Waals surface area contributed by atoms with Gasteiger partial charge in [0.1, 0.15) is 11.8 Å². The first kappa shape index (κ1) is 21.5. The van der Waals surface area contributed by atoms with Gasteiger partial charge in [-0.05, 0) is 61.4 Å². The van der Waals surface area contributed by atoms with Crippen LogP contribution < -0.4 is 5.73 Å². The highest BCUT2D eigenvalue weighted by Crippen LogP contribution is 2.37. The van der Waals surface area contributed by atoms with Gasteiger partial charge in [0.25, 0.3) is 5.91 Å². The number of halogens is 1. The molecule has 3 heterocycles. The van der Waals surface area contributed by atoms with Gasteiger partial charge < -0.3 is 19.8 Å². The van der Waals surface area contributed by atoms with Crippen molar-refractivity contribution in [2.45, 2.75) is 25.7 Å². The third kappa shape index (κ3) is 4.31. The summed E-state index contributed by atoms with van der Waals surface area (Å²) in [5.41, 5.74) is 10.9. The maximum absolute atomic E-state index is 13.0. The van der Waals surface area contributed by atoms with Gasteiger partial charge in [-0.2, -0.15) is 5.10 Å². The van der Waals surface area contributed by atoms with Crippen LogP contribution in [0.1, 0.15) is 24.3 Å². The molecule has 2 aromatic carbocycles. The number of nitrogens with two attached hydrogens (primary N) is 1. The Bertz CT molecular complexity index is 1250. The fraction of sp³-hybridized carbons (Fsp3) is 0.200. The molecule has 1 aliphatic heterocycles. The molecule has 2 aromatic heterocycles. The lowest BCUT2D eigenvalue weighted by molar-refractivity contribution is -0.130. The van der Waals surface area contributed by atoms with E-state index in [1.807, 2.05) is 60.8 Å². The third-order valence-corrected chi connectivity index (χ3v) is 6.29. The second kappa shape index (κ2) is 8.88. The molecule has 0 radical (unpaired) electrons. The number of anilines is 1. The van der Waals surface area contributed by atoms with Crippen molar-refractivity contribution < 1.29 is 13.9 Å². The number of aromatic nitrogens is 2. The number of furan rings is 1. The summed E-state index contributed by atoms with van der Waals surface area (Å²) in [6, 6.07) is 17.4. The second-order valence-corrected chi connectivity index (χ2v) is 8.94. The number of amides is 1. The molecule has 2 atom stereocenters. The van der Waals surface area contributed by atoms with E-state index < -0.39 is 12.3 Å². The Morgan fingerprint density at radius 1 is 1.09 bits per heavy atom. The van der Waals surface area contributed by atoms with E-state index in [1.165, 1.54) is 0 Å². The molecule has 33 heavy (non-hydrogen) atoms. The molecule has 0 aliphatic carbocycles. The highest BCUT2D eigenvalue weighted by molar-refractivity contribution is 9.10. The first-order valence-corrected chi connectivity index (χ1v) is 11.5. The molecule has 1 aliphatic rings. The van der Waals surface area contributed by atoms with Crippen molar-refractivity contribution in [3.63, 3.8) is 0 Å². The Morgan fingerprint density at radius 2 is 1.85 bits per heavy atom. The van der Waals surface area contributed by atoms with Gasteiger partial charge in [0, 0.05) is 34.0 Å². The van der Waals surface area contributed by atoms with Crippen LogP contribution in [0.25, 0.3) is 16.9 Å². The van der Waals surface area contributed by atoms with E-state index in [0.29, 0.717) is 13.0 Å². The number of nitrogen functional groups attached to an aromatic ring is 1. The van der Waals surface area contributed by atoms with Gasteiger partial charge in [0.05, 0.1) is 18.2 Å². The van der Waals surface area contributed by atoms with Gasteiger partial charge >= 0.3 is 0 Å². The van der Waals surface area contributed by atoms with Crippen molar-refractivity contribution in [3.05, 3.63) is 88.9 Å². The maximum atomic E-state index is 13.0. The largest absolute Gasteiger partial charge is 0.472 e. The molecule has 0 spiro atoms. The molecule has 2 N–H and O–H groups in total. The monoisotopic (exact) mass is 506 g/mol. The van der Waals surface area contributed by atoms with Gasteiger partial charge in [-0.3, -0.25) is 4.79 Å². The molecule has 0 unspecified atom stereocenters. The van der Waals surface area contributed by atoms with Crippen LogP contribution in [0.2, 0.25) is 0 Å². The van der Waals surface area contributed by atoms with E-state index in [4.69, 9.17) is 20.0 Å². The van der Waals surface area contributed by atoms with Gasteiger partial charge in [0.15, 0.2) is 6.23 Å². The maximum Gasteiger partial charge on any atom is 0.253 e. The summed E-state index contributed by atoms with van der Waals surface area (Å²) in [5, 5.41) is 4.82. The molecule has 7 nitrogen and oxygen atoms in total. The van der Waals surface area contributed by atoms with Crippen LogP contribution in [0.5, 0.6) is 0 Å². The lowest BCUT2D eigenvalue weighted by Gasteiger charge is -2.23. The molecule has 0 saturated carbocycles. The topological polar surface area (TPSA) is 86.5 Å². The van der Waals surface area contributed by atoms with Gasteiger partial charge in [-0.25, -0.2) is 4.68 Å². The summed E-state index contributed by atoms with van der Waals surface area (Å²) >= 11 is 3.47. The van der Waals surface area contributed by atoms with E-state index in [2.05, 4.69) is 15.9 Å². The first-order chi connectivity index (χ1) is 16.0. The summed E-state index contributed by atoms with van der Waals surface area (Å²) in [6.45, 7) is 2.31. The van der Waals surface area contributed by atoms with Crippen LogP contribution in [0.3, 0.4) is 0 Å². The molecule has 5 rings (SSSR count). The van der Waals surface area contributed by atoms with Crippen molar-refractivity contribution in [2.75, 3.05) is 12.3 Å². The van der Waals surface area contributed by atoms with Crippen LogP contribution in [0.15, 0.2) is 82.2 Å². The number of rotatable bonds is 6. The Morgan fingerprint density at radius 3 is 2.55 bits per heavy atom. The molecule has 1 fully saturated rings. The fourth-order valence-corrected chi connectivity index (χ4v) is 4.26. The quantitative estimate of drug-likeness (QED) is 0.373. The van der Waals surface area contributed by atoms with E-state index in [-0.39, 0.29) is 5.91 Å². The molecule has 8 heteroatoms. The number of ether oxygens (including phenoxy) is 1. The van der Waals surface area contributed by atoms with Crippen molar-refractivity contribution >= 4 is 27.5 Å². The van der Waals surface area contributed by atoms with E-state index in [0.717, 1.165) is 38.2 Å². The highest BCUT2D eigenvalue weighted by Gasteiger charge is 2.40. The van der Waals surface area contributed by atoms with Gasteiger partial charge in [-0.15, -0.1) is 0 Å². The second-order valence-electron chi connectivity index (χ2n) is 8.02. The van der Waals surface area contributed by atoms with Crippen LogP contribution in [0, 0.1) is 0 Å². The molecule has 1 amide bonds. The Hall–Kier alpha value is -3.36. The number of nitrogens with zero attached hydrogens (tertiary/aromatic N) is 3. The molecule has 0 bridgehead atoms. The molecule has 1 saturated heterocycles. The lowest BCUT2D eigenvalue weighted by atomic mass is 10.1. The SMILES string of the molecule is C[C@H]1O[C@H](c2cn(-c3ccc(Br)cc3)nc2-c2ccoc2)N(CCc2ccc(N)cc2)C1=O. The third-order valence-electron chi connectivity index (χ3n) is 5.76. The minimum Gasteiger partial charge on any atom is -0.472 e. The Labute approximate surface area is 199 Å². The van der Waals surface area contributed by atoms with E-state index in [1.54, 1.807) is 29.0 Å². The Balaban J connectivity index is 1.50. The predicted molar refractivity (Wildman–Crippen MR) is 129 cm³/mol. The fourth-order valence-electron chi connectivity index (χ4n) is 3.99. The van der Waals surface area contributed by atoms with Crippen LogP contribution >= 0.6 is 15.9 Å². The summed E-state index contributed by atoms with van der Waals surface area (Å²) in [7, 11) is 0. The predicted octanol–water partition coefficient (Wildman–Crippen LogP) is 4.97. The van der Waals surface area contributed by atoms with Crippen molar-refractivity contribution in [2.24, 2.45) is 0 Å². The zero-order valence-corrected chi connectivity index (χ0v) is 19.6. The van der Waals surface area contributed by atoms with Gasteiger partial charge in [-0.1, -0.05) is 28.1 Å². The standard InChI is InChI=1S/C25H23BrN4O3/c1-16-24(31)29(12-10-17-2-6-20(27)7-3-17)25(33-16)22-14-30(21-8-4-19(26)5-9-21)28-23(22)18-11-13-32-15-18/h2-9,11,13-16,25H,10,12,27H2,1H3/t16-,25-/m1/s1. The first-order valence-electron chi connectivity index (χ1n) is 10.7. The summed E-state index contributed by atoms with van der Waals surface area (Å²) in [4.78, 5) is 14.8. The van der Waals surface area contributed by atoms with Crippen molar-refractivity contribution in [1.29, 1.82) is 0 Å². The van der Waals surface area contributed by atoms with Crippen molar-refractivity contribution in [3.8, 4) is 16.9 Å². The zero-order valence-electron chi connectivity index (χ0n) is 18.0. The zero-order chi connectivity index (χ0) is 22.9. The normalized spacial score (nSPS) is 18.2. The van der Waals surface area contributed by atoms with Crippen molar-refractivity contribution in [1.82, 2.24) is 14.7 Å². The average Bonchev–Trinajstić information content (AvgIpc) is 3.54. The molecular formula is C25H23BrN4O3. The number of hydrogen-bond acceptors (Lipinski definition) is 5. The van der Waals surface area contributed by atoms with Crippen LogP contribution in [-0.4, -0.2) is 33.2 Å². The Kier molecular flexibility index (Phi) is 5.78. The van der Waals surface area contributed by atoms with Gasteiger partial charge in [0.2, 0.25) is 0 Å². The number of carbonyl (C=O) groups excluding carboxylic acids is 1. The summed E-state index contributed by atoms with van der Waals surface area (Å²) in [6.07, 6.45) is 4.81. The molecule has 168 valence electrons. The minimum atomic E-state index is -0.546. The highest BCUT2D eigenvalue weighted by atomic mass is 79.9. The number of carbonyl (C=O) groups is 1.